The number of likely N-dealkylation sites (tertiary alicyclic amines) is 1. The van der Waals surface area contributed by atoms with Crippen molar-refractivity contribution in [2.75, 3.05) is 32.1 Å². The lowest BCUT2D eigenvalue weighted by atomic mass is 10.0. The minimum atomic E-state index is -0.572. The second-order valence-corrected chi connectivity index (χ2v) is 8.92. The van der Waals surface area contributed by atoms with Crippen LogP contribution in [0.5, 0.6) is 5.75 Å². The maximum absolute atomic E-state index is 12.8. The summed E-state index contributed by atoms with van der Waals surface area (Å²) in [5.41, 5.74) is 1.60. The number of anilines is 1. The molecule has 1 aliphatic rings. The van der Waals surface area contributed by atoms with Gasteiger partial charge in [0.2, 0.25) is 0 Å². The number of para-hydroxylation sites is 1. The smallest absolute Gasteiger partial charge is 0.412 e. The molecule has 1 heterocycles. The molecule has 2 aromatic rings. The molecule has 3 rings (SSSR count). The summed E-state index contributed by atoms with van der Waals surface area (Å²) >= 11 is 0. The van der Waals surface area contributed by atoms with Gasteiger partial charge in [-0.1, -0.05) is 18.2 Å². The fourth-order valence-electron chi connectivity index (χ4n) is 3.85. The first-order valence-corrected chi connectivity index (χ1v) is 11.0. The Labute approximate surface area is 190 Å². The Morgan fingerprint density at radius 1 is 1.03 bits per heavy atom. The van der Waals surface area contributed by atoms with Gasteiger partial charge < -0.3 is 14.8 Å². The first-order chi connectivity index (χ1) is 15.3. The third kappa shape index (κ3) is 6.47. The highest BCUT2D eigenvalue weighted by molar-refractivity contribution is 5.95. The van der Waals surface area contributed by atoms with Crippen molar-refractivity contribution in [3.05, 3.63) is 59.7 Å². The standard InChI is InChI=1S/C25H33N3O4/c1-25(2,3)32-24(30)27-19-13-11-18(12-14-19)23(29)26-17-21(28-15-7-8-16-28)20-9-5-6-10-22(20)31-4/h5-6,9-14,21H,7-8,15-17H2,1-4H3,(H,26,29)(H,27,30). The predicted octanol–water partition coefficient (Wildman–Crippen LogP) is 4.61. The Morgan fingerprint density at radius 3 is 2.31 bits per heavy atom. The molecule has 0 aromatic heterocycles. The van der Waals surface area contributed by atoms with Crippen molar-refractivity contribution < 1.29 is 19.1 Å². The van der Waals surface area contributed by atoms with Crippen LogP contribution in [-0.4, -0.2) is 49.2 Å². The Kier molecular flexibility index (Phi) is 7.75. The van der Waals surface area contributed by atoms with E-state index >= 15 is 0 Å². The number of rotatable bonds is 7. The fourth-order valence-corrected chi connectivity index (χ4v) is 3.85. The van der Waals surface area contributed by atoms with Crippen molar-refractivity contribution in [1.29, 1.82) is 0 Å². The third-order valence-electron chi connectivity index (χ3n) is 5.33. The second kappa shape index (κ2) is 10.5. The molecule has 1 unspecified atom stereocenters. The molecular formula is C25H33N3O4. The van der Waals surface area contributed by atoms with Crippen LogP contribution in [0.25, 0.3) is 0 Å². The van der Waals surface area contributed by atoms with Crippen LogP contribution in [0.1, 0.15) is 55.6 Å². The number of ether oxygens (including phenoxy) is 2. The van der Waals surface area contributed by atoms with Crippen LogP contribution in [-0.2, 0) is 4.74 Å². The van der Waals surface area contributed by atoms with Gasteiger partial charge >= 0.3 is 6.09 Å². The summed E-state index contributed by atoms with van der Waals surface area (Å²) in [5.74, 6) is 0.670. The van der Waals surface area contributed by atoms with E-state index in [1.54, 1.807) is 52.1 Å². The average Bonchev–Trinajstić information content (AvgIpc) is 3.28. The fraction of sp³-hybridized carbons (Fsp3) is 0.440. The molecule has 7 heteroatoms. The molecule has 0 saturated carbocycles. The van der Waals surface area contributed by atoms with Gasteiger partial charge in [-0.25, -0.2) is 4.79 Å². The lowest BCUT2D eigenvalue weighted by Gasteiger charge is -2.29. The minimum Gasteiger partial charge on any atom is -0.496 e. The normalized spacial score (nSPS) is 15.1. The molecule has 32 heavy (non-hydrogen) atoms. The van der Waals surface area contributed by atoms with Crippen LogP contribution in [0.3, 0.4) is 0 Å². The predicted molar refractivity (Wildman–Crippen MR) is 125 cm³/mol. The van der Waals surface area contributed by atoms with E-state index < -0.39 is 11.7 Å². The van der Waals surface area contributed by atoms with Crippen LogP contribution in [0.2, 0.25) is 0 Å². The quantitative estimate of drug-likeness (QED) is 0.659. The van der Waals surface area contributed by atoms with Crippen LogP contribution in [0.4, 0.5) is 10.5 Å². The van der Waals surface area contributed by atoms with Gasteiger partial charge in [0, 0.05) is 23.4 Å². The van der Waals surface area contributed by atoms with Gasteiger partial charge in [0.15, 0.2) is 0 Å². The number of hydrogen-bond donors (Lipinski definition) is 2. The molecule has 0 radical (unpaired) electrons. The average molecular weight is 440 g/mol. The second-order valence-electron chi connectivity index (χ2n) is 8.92. The number of carbonyl (C=O) groups excluding carboxylic acids is 2. The van der Waals surface area contributed by atoms with E-state index in [0.717, 1.165) is 37.2 Å². The van der Waals surface area contributed by atoms with Crippen molar-refractivity contribution in [3.8, 4) is 5.75 Å². The molecule has 2 N–H and O–H groups in total. The lowest BCUT2D eigenvalue weighted by molar-refractivity contribution is 0.0635. The number of methoxy groups -OCH3 is 1. The zero-order valence-electron chi connectivity index (χ0n) is 19.3. The number of nitrogens with zero attached hydrogens (tertiary/aromatic N) is 1. The van der Waals surface area contributed by atoms with E-state index in [-0.39, 0.29) is 11.9 Å². The minimum absolute atomic E-state index is 0.0470. The monoisotopic (exact) mass is 439 g/mol. The van der Waals surface area contributed by atoms with Crippen LogP contribution in [0.15, 0.2) is 48.5 Å². The molecule has 2 amide bonds. The number of benzene rings is 2. The number of hydrogen-bond acceptors (Lipinski definition) is 5. The molecule has 1 saturated heterocycles. The van der Waals surface area contributed by atoms with Crippen molar-refractivity contribution in [2.24, 2.45) is 0 Å². The molecule has 0 bridgehead atoms. The van der Waals surface area contributed by atoms with Crippen molar-refractivity contribution in [2.45, 2.75) is 45.3 Å². The van der Waals surface area contributed by atoms with Gasteiger partial charge in [-0.3, -0.25) is 15.0 Å². The van der Waals surface area contributed by atoms with Crippen molar-refractivity contribution in [1.82, 2.24) is 10.2 Å². The lowest BCUT2D eigenvalue weighted by Crippen LogP contribution is -2.37. The summed E-state index contributed by atoms with van der Waals surface area (Å²) in [6.07, 6.45) is 1.79. The summed E-state index contributed by atoms with van der Waals surface area (Å²) < 4.78 is 10.8. The van der Waals surface area contributed by atoms with Crippen LogP contribution in [0, 0.1) is 0 Å². The van der Waals surface area contributed by atoms with Gasteiger partial charge in [-0.2, -0.15) is 0 Å². The summed E-state index contributed by atoms with van der Waals surface area (Å²) in [7, 11) is 1.67. The van der Waals surface area contributed by atoms with Crippen molar-refractivity contribution in [3.63, 3.8) is 0 Å². The van der Waals surface area contributed by atoms with Crippen molar-refractivity contribution >= 4 is 17.7 Å². The SMILES string of the molecule is COc1ccccc1C(CNC(=O)c1ccc(NC(=O)OC(C)(C)C)cc1)N1CCCC1. The summed E-state index contributed by atoms with van der Waals surface area (Å²) in [6, 6.07) is 14.8. The van der Waals surface area contributed by atoms with E-state index in [2.05, 4.69) is 21.6 Å². The van der Waals surface area contributed by atoms with E-state index in [9.17, 15) is 9.59 Å². The molecule has 2 aromatic carbocycles. The summed E-state index contributed by atoms with van der Waals surface area (Å²) in [4.78, 5) is 27.1. The first-order valence-electron chi connectivity index (χ1n) is 11.0. The van der Waals surface area contributed by atoms with Crippen LogP contribution >= 0.6 is 0 Å². The van der Waals surface area contributed by atoms with E-state index in [4.69, 9.17) is 9.47 Å². The highest BCUT2D eigenvalue weighted by Crippen LogP contribution is 2.31. The van der Waals surface area contributed by atoms with E-state index in [1.165, 1.54) is 0 Å². The van der Waals surface area contributed by atoms with Gasteiger partial charge in [-0.15, -0.1) is 0 Å². The van der Waals surface area contributed by atoms with Gasteiger partial charge in [-0.05, 0) is 77.0 Å². The maximum atomic E-state index is 12.8. The largest absolute Gasteiger partial charge is 0.496 e. The van der Waals surface area contributed by atoms with Crippen LogP contribution < -0.4 is 15.4 Å². The van der Waals surface area contributed by atoms with E-state index in [0.29, 0.717) is 17.8 Å². The van der Waals surface area contributed by atoms with Gasteiger partial charge in [0.05, 0.1) is 13.2 Å². The topological polar surface area (TPSA) is 79.9 Å². The highest BCUT2D eigenvalue weighted by Gasteiger charge is 2.26. The Bertz CT molecular complexity index is 916. The van der Waals surface area contributed by atoms with E-state index in [1.807, 2.05) is 18.2 Å². The van der Waals surface area contributed by atoms with Gasteiger partial charge in [0.25, 0.3) is 5.91 Å². The highest BCUT2D eigenvalue weighted by atomic mass is 16.6. The number of amides is 2. The maximum Gasteiger partial charge on any atom is 0.412 e. The molecule has 0 spiro atoms. The van der Waals surface area contributed by atoms with Gasteiger partial charge in [0.1, 0.15) is 11.4 Å². The zero-order valence-corrected chi connectivity index (χ0v) is 19.3. The molecular weight excluding hydrogens is 406 g/mol. The summed E-state index contributed by atoms with van der Waals surface area (Å²) in [6.45, 7) is 7.91. The molecule has 1 fully saturated rings. The molecule has 1 atom stereocenters. The first kappa shape index (κ1) is 23.6. The third-order valence-corrected chi connectivity index (χ3v) is 5.33. The zero-order chi connectivity index (χ0) is 23.1. The molecule has 0 aliphatic carbocycles. The summed E-state index contributed by atoms with van der Waals surface area (Å²) in [5, 5.41) is 5.74. The number of carbonyl (C=O) groups is 2. The molecule has 172 valence electrons. The molecule has 1 aliphatic heterocycles. The number of nitrogens with one attached hydrogen (secondary N) is 2. The Balaban J connectivity index is 1.64. The Hall–Kier alpha value is -3.06. The Morgan fingerprint density at radius 2 is 1.69 bits per heavy atom. The molecule has 7 nitrogen and oxygen atoms in total.